The van der Waals surface area contributed by atoms with Gasteiger partial charge in [0.2, 0.25) is 5.91 Å². The molecule has 0 aliphatic carbocycles. The van der Waals surface area contributed by atoms with Crippen molar-refractivity contribution in [1.29, 1.82) is 0 Å². The lowest BCUT2D eigenvalue weighted by molar-refractivity contribution is -0.138. The molecule has 0 bridgehead atoms. The van der Waals surface area contributed by atoms with Gasteiger partial charge in [-0.2, -0.15) is 0 Å². The molecule has 130 valence electrons. The summed E-state index contributed by atoms with van der Waals surface area (Å²) in [4.78, 5) is 29.7. The number of pyridine rings is 1. The van der Waals surface area contributed by atoms with Gasteiger partial charge in [0.15, 0.2) is 0 Å². The lowest BCUT2D eigenvalue weighted by Crippen LogP contribution is -2.48. The van der Waals surface area contributed by atoms with Crippen LogP contribution < -0.4 is 0 Å². The molecule has 24 heavy (non-hydrogen) atoms. The fraction of sp³-hybridized carbons (Fsp3) is 0.632. The van der Waals surface area contributed by atoms with Crippen molar-refractivity contribution in [3.05, 3.63) is 29.6 Å². The fourth-order valence-corrected chi connectivity index (χ4v) is 3.22. The van der Waals surface area contributed by atoms with Crippen molar-refractivity contribution in [2.75, 3.05) is 19.7 Å². The molecular weight excluding hydrogens is 304 g/mol. The van der Waals surface area contributed by atoms with Crippen molar-refractivity contribution >= 4 is 11.9 Å². The smallest absolute Gasteiger partial charge is 0.306 e. The summed E-state index contributed by atoms with van der Waals surface area (Å²) < 4.78 is 4.94. The average molecular weight is 330 g/mol. The summed E-state index contributed by atoms with van der Waals surface area (Å²) in [5.74, 6) is 0.659. The van der Waals surface area contributed by atoms with Crippen LogP contribution in [0.5, 0.6) is 0 Å². The number of amides is 1. The van der Waals surface area contributed by atoms with Crippen molar-refractivity contribution in [1.82, 2.24) is 9.88 Å². The largest absolute Gasteiger partial charge is 0.465 e. The summed E-state index contributed by atoms with van der Waals surface area (Å²) in [6.45, 7) is 8.48. The maximum absolute atomic E-state index is 12.2. The topological polar surface area (TPSA) is 59.5 Å². The first-order valence-electron chi connectivity index (χ1n) is 8.73. The number of cyclic esters (lactones) is 1. The quantitative estimate of drug-likeness (QED) is 0.796. The molecule has 0 saturated carbocycles. The summed E-state index contributed by atoms with van der Waals surface area (Å²) in [7, 11) is 0. The van der Waals surface area contributed by atoms with Gasteiger partial charge in [0, 0.05) is 48.7 Å². The minimum absolute atomic E-state index is 0.0610. The Labute approximate surface area is 143 Å². The molecule has 3 heterocycles. The molecule has 0 unspecified atom stereocenters. The van der Waals surface area contributed by atoms with Crippen LogP contribution in [0.3, 0.4) is 0 Å². The van der Waals surface area contributed by atoms with Crippen molar-refractivity contribution in [3.8, 4) is 0 Å². The summed E-state index contributed by atoms with van der Waals surface area (Å²) in [6, 6.07) is 4.23. The number of carbonyl (C=O) groups excluding carboxylic acids is 2. The Morgan fingerprint density at radius 3 is 2.62 bits per heavy atom. The van der Waals surface area contributed by atoms with Crippen LogP contribution >= 0.6 is 0 Å². The van der Waals surface area contributed by atoms with Crippen LogP contribution in [0.2, 0.25) is 0 Å². The lowest BCUT2D eigenvalue weighted by Gasteiger charge is -2.39. The van der Waals surface area contributed by atoms with Gasteiger partial charge in [-0.05, 0) is 18.1 Å². The van der Waals surface area contributed by atoms with Crippen LogP contribution in [0.15, 0.2) is 18.3 Å². The predicted octanol–water partition coefficient (Wildman–Crippen LogP) is 2.65. The molecule has 1 atom stereocenters. The van der Waals surface area contributed by atoms with Crippen molar-refractivity contribution in [3.63, 3.8) is 0 Å². The molecule has 0 aromatic carbocycles. The molecule has 2 saturated heterocycles. The Morgan fingerprint density at radius 2 is 2.08 bits per heavy atom. The zero-order valence-electron chi connectivity index (χ0n) is 14.7. The molecule has 0 N–H and O–H groups in total. The Hall–Kier alpha value is -1.91. The molecule has 5 nitrogen and oxygen atoms in total. The molecule has 0 spiro atoms. The monoisotopic (exact) mass is 330 g/mol. The van der Waals surface area contributed by atoms with Crippen LogP contribution in [0, 0.1) is 5.92 Å². The second kappa shape index (κ2) is 6.54. The van der Waals surface area contributed by atoms with E-state index < -0.39 is 0 Å². The van der Waals surface area contributed by atoms with E-state index in [0.717, 1.165) is 25.2 Å². The number of likely N-dealkylation sites (tertiary alicyclic amines) is 1. The Bertz CT molecular complexity index is 612. The summed E-state index contributed by atoms with van der Waals surface area (Å²) in [6.07, 6.45) is 3.67. The number of esters is 1. The van der Waals surface area contributed by atoms with Crippen molar-refractivity contribution in [2.45, 2.75) is 51.4 Å². The Balaban J connectivity index is 1.45. The summed E-state index contributed by atoms with van der Waals surface area (Å²) in [5.41, 5.74) is 2.36. The lowest BCUT2D eigenvalue weighted by atomic mass is 9.88. The third-order valence-corrected chi connectivity index (χ3v) is 4.96. The average Bonchev–Trinajstić information content (AvgIpc) is 2.89. The highest BCUT2D eigenvalue weighted by molar-refractivity contribution is 5.77. The van der Waals surface area contributed by atoms with E-state index in [1.165, 1.54) is 5.56 Å². The fourth-order valence-electron chi connectivity index (χ4n) is 3.22. The van der Waals surface area contributed by atoms with Gasteiger partial charge in [0.05, 0.1) is 13.0 Å². The third-order valence-electron chi connectivity index (χ3n) is 4.96. The number of ether oxygens (including phenoxy) is 1. The zero-order valence-corrected chi connectivity index (χ0v) is 14.7. The maximum Gasteiger partial charge on any atom is 0.306 e. The first-order chi connectivity index (χ1) is 11.3. The van der Waals surface area contributed by atoms with Crippen LogP contribution in [-0.4, -0.2) is 41.5 Å². The SMILES string of the molecule is CC(C)(C)c1ccc(C2CN(C(=O)CC[C@@H]3COC(=O)C3)C2)cn1. The molecule has 0 radical (unpaired) electrons. The molecule has 1 amide bonds. The van der Waals surface area contributed by atoms with E-state index in [-0.39, 0.29) is 23.2 Å². The van der Waals surface area contributed by atoms with Gasteiger partial charge in [0.1, 0.15) is 0 Å². The molecule has 5 heteroatoms. The van der Waals surface area contributed by atoms with E-state index in [4.69, 9.17) is 4.74 Å². The maximum atomic E-state index is 12.2. The van der Waals surface area contributed by atoms with E-state index in [2.05, 4.69) is 37.9 Å². The van der Waals surface area contributed by atoms with E-state index in [9.17, 15) is 9.59 Å². The molecule has 1 aromatic heterocycles. The minimum Gasteiger partial charge on any atom is -0.465 e. The molecule has 2 aliphatic heterocycles. The second-order valence-corrected chi connectivity index (χ2v) is 8.01. The van der Waals surface area contributed by atoms with Crippen molar-refractivity contribution in [2.24, 2.45) is 5.92 Å². The van der Waals surface area contributed by atoms with Crippen LogP contribution in [0.25, 0.3) is 0 Å². The molecule has 2 aliphatic rings. The van der Waals surface area contributed by atoms with Gasteiger partial charge in [-0.25, -0.2) is 0 Å². The molecule has 1 aromatic rings. The highest BCUT2D eigenvalue weighted by atomic mass is 16.5. The summed E-state index contributed by atoms with van der Waals surface area (Å²) >= 11 is 0. The van der Waals surface area contributed by atoms with Crippen LogP contribution in [0.4, 0.5) is 0 Å². The van der Waals surface area contributed by atoms with E-state index >= 15 is 0 Å². The number of hydrogen-bond donors (Lipinski definition) is 0. The molecule has 3 rings (SSSR count). The van der Waals surface area contributed by atoms with Crippen LogP contribution in [-0.2, 0) is 19.7 Å². The summed E-state index contributed by atoms with van der Waals surface area (Å²) in [5, 5.41) is 0. The number of rotatable bonds is 4. The van der Waals surface area contributed by atoms with Gasteiger partial charge in [-0.3, -0.25) is 14.6 Å². The number of aromatic nitrogens is 1. The van der Waals surface area contributed by atoms with Gasteiger partial charge < -0.3 is 9.64 Å². The van der Waals surface area contributed by atoms with Gasteiger partial charge in [0.25, 0.3) is 0 Å². The van der Waals surface area contributed by atoms with Gasteiger partial charge in [-0.15, -0.1) is 0 Å². The third kappa shape index (κ3) is 3.77. The van der Waals surface area contributed by atoms with Gasteiger partial charge >= 0.3 is 5.97 Å². The first kappa shape index (κ1) is 16.9. The van der Waals surface area contributed by atoms with Gasteiger partial charge in [-0.1, -0.05) is 26.8 Å². The number of hydrogen-bond acceptors (Lipinski definition) is 4. The van der Waals surface area contributed by atoms with E-state index in [1.54, 1.807) is 0 Å². The standard InChI is InChI=1S/C19H26N2O3/c1-19(2,3)16-6-5-14(9-20-16)15-10-21(11-15)17(22)7-4-13-8-18(23)24-12-13/h5-6,9,13,15H,4,7-8,10-12H2,1-3H3/t13-/m0/s1. The Morgan fingerprint density at radius 1 is 1.33 bits per heavy atom. The molecular formula is C19H26N2O3. The highest BCUT2D eigenvalue weighted by Gasteiger charge is 2.33. The zero-order chi connectivity index (χ0) is 17.3. The first-order valence-corrected chi connectivity index (χ1v) is 8.73. The van der Waals surface area contributed by atoms with Crippen LogP contribution in [0.1, 0.15) is 57.2 Å². The Kier molecular flexibility index (Phi) is 4.61. The molecule has 2 fully saturated rings. The minimum atomic E-state index is -0.136. The normalized spacial score (nSPS) is 21.5. The predicted molar refractivity (Wildman–Crippen MR) is 90.6 cm³/mol. The second-order valence-electron chi connectivity index (χ2n) is 8.01. The number of carbonyl (C=O) groups is 2. The van der Waals surface area contributed by atoms with Crippen molar-refractivity contribution < 1.29 is 14.3 Å². The highest BCUT2D eigenvalue weighted by Crippen LogP contribution is 2.29. The number of nitrogens with zero attached hydrogens (tertiary/aromatic N) is 2. The van der Waals surface area contributed by atoms with E-state index in [0.29, 0.717) is 25.4 Å². The van der Waals surface area contributed by atoms with E-state index in [1.807, 2.05) is 11.1 Å².